The average Bonchev–Trinajstić information content (AvgIpc) is 3.00. The number of aliphatic hydroxyl groups is 1. The van der Waals surface area contributed by atoms with Crippen LogP contribution in [-0.4, -0.2) is 41.4 Å². The number of nitrogens with two attached hydrogens (primary N) is 1. The number of aromatic nitrogens is 1. The number of rotatable bonds is 3. The first kappa shape index (κ1) is 13.3. The molecule has 1 aromatic heterocycles. The Hall–Kier alpha value is -1.70. The van der Waals surface area contributed by atoms with Crippen LogP contribution in [0.25, 0.3) is 10.2 Å². The molecule has 2 heterocycles. The number of fused-ring (bicyclic) bond motifs is 1. The van der Waals surface area contributed by atoms with Gasteiger partial charge in [0.2, 0.25) is 0 Å². The maximum Gasteiger partial charge on any atom is 0.251 e. The van der Waals surface area contributed by atoms with Crippen LogP contribution in [0.2, 0.25) is 0 Å². The van der Waals surface area contributed by atoms with Crippen molar-refractivity contribution in [1.29, 1.82) is 0 Å². The maximum atomic E-state index is 12.1. The molecule has 0 saturated carbocycles. The second kappa shape index (κ2) is 5.01. The molecule has 4 N–H and O–H groups in total. The summed E-state index contributed by atoms with van der Waals surface area (Å²) >= 11 is 1.34. The lowest BCUT2D eigenvalue weighted by atomic mass is 10.0. The first-order valence-electron chi connectivity index (χ1n) is 6.30. The van der Waals surface area contributed by atoms with E-state index in [1.165, 1.54) is 11.3 Å². The number of anilines is 1. The summed E-state index contributed by atoms with van der Waals surface area (Å²) in [6.07, 6.45) is 0.539. The fraction of sp³-hybridized carbons (Fsp3) is 0.385. The van der Waals surface area contributed by atoms with Crippen molar-refractivity contribution in [1.82, 2.24) is 10.3 Å². The number of nitrogens with zero attached hydrogens (tertiary/aromatic N) is 1. The summed E-state index contributed by atoms with van der Waals surface area (Å²) in [5, 5.41) is 13.3. The number of hydrogen-bond acceptors (Lipinski definition) is 6. The molecule has 2 aromatic rings. The zero-order chi connectivity index (χ0) is 14.2. The van der Waals surface area contributed by atoms with Crippen molar-refractivity contribution in [2.24, 2.45) is 0 Å². The van der Waals surface area contributed by atoms with Gasteiger partial charge in [0.15, 0.2) is 5.13 Å². The van der Waals surface area contributed by atoms with Crippen molar-refractivity contribution in [2.45, 2.75) is 12.0 Å². The predicted molar refractivity (Wildman–Crippen MR) is 76.8 cm³/mol. The van der Waals surface area contributed by atoms with Crippen molar-refractivity contribution in [3.05, 3.63) is 23.8 Å². The van der Waals surface area contributed by atoms with Crippen LogP contribution >= 0.6 is 11.3 Å². The number of carbonyl (C=O) groups is 1. The highest BCUT2D eigenvalue weighted by Gasteiger charge is 2.32. The van der Waals surface area contributed by atoms with E-state index in [1.807, 2.05) is 0 Å². The van der Waals surface area contributed by atoms with Crippen LogP contribution in [0, 0.1) is 0 Å². The largest absolute Gasteiger partial charge is 0.386 e. The molecule has 1 unspecified atom stereocenters. The molecule has 1 aliphatic heterocycles. The molecule has 1 fully saturated rings. The summed E-state index contributed by atoms with van der Waals surface area (Å²) < 4.78 is 6.01. The molecular formula is C13H15N3O3S. The Labute approximate surface area is 119 Å². The molecule has 1 amide bonds. The van der Waals surface area contributed by atoms with Gasteiger partial charge in [-0.25, -0.2) is 4.98 Å². The number of ether oxygens (including phenoxy) is 1. The molecule has 3 rings (SSSR count). The Balaban J connectivity index is 1.71. The lowest BCUT2D eigenvalue weighted by Gasteiger charge is -2.20. The first-order chi connectivity index (χ1) is 9.56. The van der Waals surface area contributed by atoms with Crippen LogP contribution in [0.15, 0.2) is 18.2 Å². The Morgan fingerprint density at radius 3 is 3.20 bits per heavy atom. The van der Waals surface area contributed by atoms with Gasteiger partial charge in [-0.2, -0.15) is 0 Å². The summed E-state index contributed by atoms with van der Waals surface area (Å²) in [6.45, 7) is 0.977. The monoisotopic (exact) mass is 293 g/mol. The number of nitrogen functional groups attached to an aromatic ring is 1. The number of benzene rings is 1. The van der Waals surface area contributed by atoms with Crippen LogP contribution in [0.5, 0.6) is 0 Å². The summed E-state index contributed by atoms with van der Waals surface area (Å²) in [5.41, 5.74) is 6.00. The van der Waals surface area contributed by atoms with Crippen LogP contribution in [-0.2, 0) is 4.74 Å². The number of hydrogen-bond donors (Lipinski definition) is 3. The Kier molecular flexibility index (Phi) is 3.33. The molecule has 1 aliphatic rings. The van der Waals surface area contributed by atoms with Crippen LogP contribution in [0.1, 0.15) is 16.8 Å². The van der Waals surface area contributed by atoms with Crippen LogP contribution in [0.3, 0.4) is 0 Å². The van der Waals surface area contributed by atoms with Crippen molar-refractivity contribution in [2.75, 3.05) is 25.5 Å². The third-order valence-electron chi connectivity index (χ3n) is 3.33. The number of carbonyl (C=O) groups excluding carboxylic acids is 1. The number of nitrogens with one attached hydrogen (secondary N) is 1. The summed E-state index contributed by atoms with van der Waals surface area (Å²) in [5.74, 6) is -0.223. The molecule has 0 spiro atoms. The molecule has 1 atom stereocenters. The molecule has 7 heteroatoms. The van der Waals surface area contributed by atoms with E-state index in [0.29, 0.717) is 23.7 Å². The zero-order valence-corrected chi connectivity index (χ0v) is 11.6. The van der Waals surface area contributed by atoms with E-state index in [1.54, 1.807) is 18.2 Å². The Bertz CT molecular complexity index is 649. The molecule has 106 valence electrons. The quantitative estimate of drug-likeness (QED) is 0.776. The average molecular weight is 293 g/mol. The third-order valence-corrected chi connectivity index (χ3v) is 4.17. The normalized spacial score (nSPS) is 22.2. The van der Waals surface area contributed by atoms with E-state index >= 15 is 0 Å². The summed E-state index contributed by atoms with van der Waals surface area (Å²) in [6, 6.07) is 5.23. The molecule has 0 bridgehead atoms. The van der Waals surface area contributed by atoms with Gasteiger partial charge in [-0.05, 0) is 18.2 Å². The summed E-state index contributed by atoms with van der Waals surface area (Å²) in [7, 11) is 0. The Morgan fingerprint density at radius 2 is 2.45 bits per heavy atom. The van der Waals surface area contributed by atoms with Crippen molar-refractivity contribution >= 4 is 32.6 Å². The second-order valence-electron chi connectivity index (χ2n) is 4.94. The highest BCUT2D eigenvalue weighted by atomic mass is 32.1. The van der Waals surface area contributed by atoms with Crippen LogP contribution in [0.4, 0.5) is 5.13 Å². The minimum Gasteiger partial charge on any atom is -0.386 e. The molecule has 0 radical (unpaired) electrons. The maximum absolute atomic E-state index is 12.1. The van der Waals surface area contributed by atoms with Gasteiger partial charge in [0.25, 0.3) is 5.91 Å². The van der Waals surface area contributed by atoms with E-state index in [2.05, 4.69) is 10.3 Å². The fourth-order valence-corrected chi connectivity index (χ4v) is 2.94. The number of amides is 1. The van der Waals surface area contributed by atoms with E-state index in [9.17, 15) is 9.90 Å². The van der Waals surface area contributed by atoms with Gasteiger partial charge in [0.05, 0.1) is 16.8 Å². The molecule has 0 aliphatic carbocycles. The minimum atomic E-state index is -0.950. The lowest BCUT2D eigenvalue weighted by Crippen LogP contribution is -2.43. The fourth-order valence-electron chi connectivity index (χ4n) is 2.17. The standard InChI is InChI=1S/C13H15N3O3S/c14-12-16-9-2-1-8(5-10(9)20-12)11(17)15-6-13(18)3-4-19-7-13/h1-2,5,18H,3-4,6-7H2,(H2,14,16)(H,15,17). The van der Waals surface area contributed by atoms with Gasteiger partial charge in [-0.3, -0.25) is 4.79 Å². The Morgan fingerprint density at radius 1 is 1.60 bits per heavy atom. The molecule has 1 aromatic carbocycles. The van der Waals surface area contributed by atoms with Crippen molar-refractivity contribution < 1.29 is 14.6 Å². The zero-order valence-electron chi connectivity index (χ0n) is 10.8. The predicted octanol–water partition coefficient (Wildman–Crippen LogP) is 0.760. The van der Waals surface area contributed by atoms with Crippen molar-refractivity contribution in [3.8, 4) is 0 Å². The lowest BCUT2D eigenvalue weighted by molar-refractivity contribution is 0.0264. The second-order valence-corrected chi connectivity index (χ2v) is 6.01. The topological polar surface area (TPSA) is 97.5 Å². The van der Waals surface area contributed by atoms with Gasteiger partial charge in [0, 0.05) is 25.1 Å². The van der Waals surface area contributed by atoms with E-state index in [4.69, 9.17) is 10.5 Å². The van der Waals surface area contributed by atoms with E-state index < -0.39 is 5.60 Å². The van der Waals surface area contributed by atoms with E-state index in [-0.39, 0.29) is 19.1 Å². The first-order valence-corrected chi connectivity index (χ1v) is 7.12. The third kappa shape index (κ3) is 2.60. The molecule has 20 heavy (non-hydrogen) atoms. The molecular weight excluding hydrogens is 278 g/mol. The molecule has 6 nitrogen and oxygen atoms in total. The summed E-state index contributed by atoms with van der Waals surface area (Å²) in [4.78, 5) is 16.2. The van der Waals surface area contributed by atoms with Gasteiger partial charge in [0.1, 0.15) is 5.60 Å². The SMILES string of the molecule is Nc1nc2ccc(C(=O)NCC3(O)CCOC3)cc2s1. The minimum absolute atomic E-state index is 0.189. The molecule has 1 saturated heterocycles. The smallest absolute Gasteiger partial charge is 0.251 e. The van der Waals surface area contributed by atoms with Gasteiger partial charge in [-0.1, -0.05) is 11.3 Å². The highest BCUT2D eigenvalue weighted by molar-refractivity contribution is 7.22. The van der Waals surface area contributed by atoms with E-state index in [0.717, 1.165) is 10.2 Å². The van der Waals surface area contributed by atoms with Gasteiger partial charge >= 0.3 is 0 Å². The van der Waals surface area contributed by atoms with Crippen LogP contribution < -0.4 is 11.1 Å². The van der Waals surface area contributed by atoms with Gasteiger partial charge < -0.3 is 20.9 Å². The number of thiazole rings is 1. The van der Waals surface area contributed by atoms with Crippen molar-refractivity contribution in [3.63, 3.8) is 0 Å². The van der Waals surface area contributed by atoms with Gasteiger partial charge in [-0.15, -0.1) is 0 Å². The highest BCUT2D eigenvalue weighted by Crippen LogP contribution is 2.24.